The SMILES string of the molecule is CC(C(=O)O)c1c(Cl)cnc(CO)c1Cl. The van der Waals surface area contributed by atoms with Gasteiger partial charge >= 0.3 is 5.97 Å². The van der Waals surface area contributed by atoms with E-state index >= 15 is 0 Å². The Morgan fingerprint density at radius 2 is 2.20 bits per heavy atom. The van der Waals surface area contributed by atoms with Gasteiger partial charge in [-0.15, -0.1) is 0 Å². The minimum atomic E-state index is -1.03. The Labute approximate surface area is 96.5 Å². The molecule has 1 rings (SSSR count). The van der Waals surface area contributed by atoms with Gasteiger partial charge in [0.1, 0.15) is 0 Å². The normalized spacial score (nSPS) is 12.5. The highest BCUT2D eigenvalue weighted by atomic mass is 35.5. The molecule has 0 aliphatic carbocycles. The van der Waals surface area contributed by atoms with Gasteiger partial charge in [0.05, 0.1) is 28.3 Å². The highest BCUT2D eigenvalue weighted by Crippen LogP contribution is 2.32. The van der Waals surface area contributed by atoms with Crippen LogP contribution in [0.2, 0.25) is 10.0 Å². The molecule has 0 aromatic carbocycles. The molecule has 1 aromatic heterocycles. The second-order valence-corrected chi connectivity index (χ2v) is 3.78. The van der Waals surface area contributed by atoms with E-state index in [0.29, 0.717) is 0 Å². The lowest BCUT2D eigenvalue weighted by molar-refractivity contribution is -0.138. The fraction of sp³-hybridized carbons (Fsp3) is 0.333. The Hall–Kier alpha value is -0.840. The van der Waals surface area contributed by atoms with E-state index in [0.717, 1.165) is 0 Å². The molecule has 0 spiro atoms. The van der Waals surface area contributed by atoms with Gasteiger partial charge in [0.25, 0.3) is 0 Å². The van der Waals surface area contributed by atoms with Crippen LogP contribution < -0.4 is 0 Å². The van der Waals surface area contributed by atoms with Crippen molar-refractivity contribution < 1.29 is 15.0 Å². The maximum Gasteiger partial charge on any atom is 0.310 e. The van der Waals surface area contributed by atoms with Gasteiger partial charge in [-0.3, -0.25) is 9.78 Å². The first-order chi connectivity index (χ1) is 6.99. The zero-order valence-corrected chi connectivity index (χ0v) is 9.38. The zero-order valence-electron chi connectivity index (χ0n) is 7.87. The summed E-state index contributed by atoms with van der Waals surface area (Å²) in [7, 11) is 0. The highest BCUT2D eigenvalue weighted by Gasteiger charge is 2.22. The summed E-state index contributed by atoms with van der Waals surface area (Å²) >= 11 is 11.7. The molecule has 0 saturated carbocycles. The predicted octanol–water partition coefficient (Wildman–Crippen LogP) is 2.07. The number of hydrogen-bond acceptors (Lipinski definition) is 3. The Kier molecular flexibility index (Phi) is 3.90. The molecule has 1 atom stereocenters. The Morgan fingerprint density at radius 3 is 2.67 bits per heavy atom. The second kappa shape index (κ2) is 4.79. The van der Waals surface area contributed by atoms with Crippen LogP contribution >= 0.6 is 23.2 Å². The Morgan fingerprint density at radius 1 is 1.60 bits per heavy atom. The van der Waals surface area contributed by atoms with E-state index in [1.807, 2.05) is 0 Å². The summed E-state index contributed by atoms with van der Waals surface area (Å²) in [5.74, 6) is -1.87. The number of rotatable bonds is 3. The van der Waals surface area contributed by atoms with Crippen LogP contribution in [0.3, 0.4) is 0 Å². The van der Waals surface area contributed by atoms with E-state index in [1.165, 1.54) is 13.1 Å². The molecule has 0 aliphatic rings. The van der Waals surface area contributed by atoms with E-state index < -0.39 is 11.9 Å². The summed E-state index contributed by atoms with van der Waals surface area (Å²) in [5, 5.41) is 18.1. The first-order valence-electron chi connectivity index (χ1n) is 4.15. The number of carbonyl (C=O) groups is 1. The topological polar surface area (TPSA) is 70.4 Å². The van der Waals surface area contributed by atoms with Gasteiger partial charge in [0.2, 0.25) is 0 Å². The van der Waals surface area contributed by atoms with Crippen LogP contribution in [0.15, 0.2) is 6.20 Å². The van der Waals surface area contributed by atoms with Gasteiger partial charge in [0.15, 0.2) is 0 Å². The average Bonchev–Trinajstić information content (AvgIpc) is 2.17. The fourth-order valence-electron chi connectivity index (χ4n) is 1.15. The third kappa shape index (κ3) is 2.40. The molecular formula is C9H9Cl2NO3. The molecule has 0 fully saturated rings. The summed E-state index contributed by atoms with van der Waals surface area (Å²) in [6.45, 7) is 1.12. The number of carboxylic acids is 1. The smallest absolute Gasteiger partial charge is 0.310 e. The standard InChI is InChI=1S/C9H9Cl2NO3/c1-4(9(14)15)7-5(10)2-12-6(3-13)8(7)11/h2,4,13H,3H2,1H3,(H,14,15). The second-order valence-electron chi connectivity index (χ2n) is 3.00. The molecule has 0 aliphatic heterocycles. The van der Waals surface area contributed by atoms with Gasteiger partial charge in [-0.2, -0.15) is 0 Å². The molecule has 15 heavy (non-hydrogen) atoms. The van der Waals surface area contributed by atoms with E-state index in [-0.39, 0.29) is 27.9 Å². The van der Waals surface area contributed by atoms with Crippen LogP contribution in [0.25, 0.3) is 0 Å². The molecule has 0 radical (unpaired) electrons. The number of nitrogens with zero attached hydrogens (tertiary/aromatic N) is 1. The first kappa shape index (κ1) is 12.2. The number of pyridine rings is 1. The largest absolute Gasteiger partial charge is 0.481 e. The number of carboxylic acid groups (broad SMARTS) is 1. The minimum Gasteiger partial charge on any atom is -0.481 e. The predicted molar refractivity (Wildman–Crippen MR) is 56.2 cm³/mol. The highest BCUT2D eigenvalue weighted by molar-refractivity contribution is 6.36. The summed E-state index contributed by atoms with van der Waals surface area (Å²) in [5.41, 5.74) is 0.508. The third-order valence-corrected chi connectivity index (χ3v) is 2.76. The van der Waals surface area contributed by atoms with E-state index in [1.54, 1.807) is 0 Å². The van der Waals surface area contributed by atoms with Crippen LogP contribution in [-0.2, 0) is 11.4 Å². The van der Waals surface area contributed by atoms with E-state index in [9.17, 15) is 4.79 Å². The van der Waals surface area contributed by atoms with Crippen molar-refractivity contribution in [2.75, 3.05) is 0 Å². The molecule has 1 aromatic rings. The molecule has 2 N–H and O–H groups in total. The lowest BCUT2D eigenvalue weighted by atomic mass is 10.0. The van der Waals surface area contributed by atoms with Crippen molar-refractivity contribution in [2.24, 2.45) is 0 Å². The lowest BCUT2D eigenvalue weighted by Crippen LogP contribution is -2.10. The van der Waals surface area contributed by atoms with Crippen LogP contribution in [-0.4, -0.2) is 21.2 Å². The minimum absolute atomic E-state index is 0.111. The van der Waals surface area contributed by atoms with Crippen LogP contribution in [0.4, 0.5) is 0 Å². The average molecular weight is 250 g/mol. The number of aliphatic hydroxyl groups excluding tert-OH is 1. The van der Waals surface area contributed by atoms with Crippen molar-refractivity contribution in [2.45, 2.75) is 19.4 Å². The molecule has 0 saturated heterocycles. The summed E-state index contributed by atoms with van der Waals surface area (Å²) < 4.78 is 0. The molecule has 6 heteroatoms. The molecule has 0 bridgehead atoms. The number of hydrogen-bond donors (Lipinski definition) is 2. The van der Waals surface area contributed by atoms with Crippen molar-refractivity contribution in [3.05, 3.63) is 27.5 Å². The van der Waals surface area contributed by atoms with E-state index in [2.05, 4.69) is 4.98 Å². The quantitative estimate of drug-likeness (QED) is 0.861. The number of aliphatic carboxylic acids is 1. The number of aromatic nitrogens is 1. The number of aliphatic hydroxyl groups is 1. The summed E-state index contributed by atoms with van der Waals surface area (Å²) in [6.07, 6.45) is 1.29. The molecule has 1 unspecified atom stereocenters. The molecule has 1 heterocycles. The van der Waals surface area contributed by atoms with Crippen LogP contribution in [0.5, 0.6) is 0 Å². The Balaban J connectivity index is 3.32. The number of halogens is 2. The van der Waals surface area contributed by atoms with Crippen LogP contribution in [0, 0.1) is 0 Å². The van der Waals surface area contributed by atoms with E-state index in [4.69, 9.17) is 33.4 Å². The van der Waals surface area contributed by atoms with Crippen molar-refractivity contribution >= 4 is 29.2 Å². The molecule has 4 nitrogen and oxygen atoms in total. The van der Waals surface area contributed by atoms with Crippen molar-refractivity contribution in [1.82, 2.24) is 4.98 Å². The molecular weight excluding hydrogens is 241 g/mol. The molecule has 82 valence electrons. The van der Waals surface area contributed by atoms with Gasteiger partial charge in [-0.1, -0.05) is 23.2 Å². The van der Waals surface area contributed by atoms with Crippen molar-refractivity contribution in [3.8, 4) is 0 Å². The third-order valence-electron chi connectivity index (χ3n) is 2.03. The maximum absolute atomic E-state index is 10.8. The summed E-state index contributed by atoms with van der Waals surface area (Å²) in [4.78, 5) is 14.6. The maximum atomic E-state index is 10.8. The van der Waals surface area contributed by atoms with Crippen LogP contribution in [0.1, 0.15) is 24.1 Å². The molecule has 0 amide bonds. The van der Waals surface area contributed by atoms with Gasteiger partial charge in [-0.05, 0) is 6.92 Å². The summed E-state index contributed by atoms with van der Waals surface area (Å²) in [6, 6.07) is 0. The van der Waals surface area contributed by atoms with Crippen molar-refractivity contribution in [1.29, 1.82) is 0 Å². The van der Waals surface area contributed by atoms with Gasteiger partial charge < -0.3 is 10.2 Å². The monoisotopic (exact) mass is 249 g/mol. The van der Waals surface area contributed by atoms with Crippen molar-refractivity contribution in [3.63, 3.8) is 0 Å². The van der Waals surface area contributed by atoms with Gasteiger partial charge in [-0.25, -0.2) is 0 Å². The lowest BCUT2D eigenvalue weighted by Gasteiger charge is -2.12. The first-order valence-corrected chi connectivity index (χ1v) is 4.91. The Bertz CT molecular complexity index is 395. The fourth-order valence-corrected chi connectivity index (χ4v) is 1.88. The van der Waals surface area contributed by atoms with Gasteiger partial charge in [0, 0.05) is 11.8 Å². The zero-order chi connectivity index (χ0) is 11.6.